The molecule has 0 aliphatic carbocycles. The second-order valence-electron chi connectivity index (χ2n) is 8.38. The zero-order valence-corrected chi connectivity index (χ0v) is 19.0. The van der Waals surface area contributed by atoms with Crippen LogP contribution in [0.25, 0.3) is 0 Å². The first-order valence-electron chi connectivity index (χ1n) is 11.2. The monoisotopic (exact) mass is 471 g/mol. The smallest absolute Gasteiger partial charge is 0.321 e. The van der Waals surface area contributed by atoms with Gasteiger partial charge in [-0.3, -0.25) is 9.59 Å². The summed E-state index contributed by atoms with van der Waals surface area (Å²) < 4.78 is 28.2. The van der Waals surface area contributed by atoms with Gasteiger partial charge in [0.15, 0.2) is 0 Å². The van der Waals surface area contributed by atoms with Gasteiger partial charge in [0.2, 0.25) is 5.91 Å². The molecule has 0 atom stereocenters. The second kappa shape index (κ2) is 10.1. The van der Waals surface area contributed by atoms with Crippen molar-refractivity contribution in [2.24, 2.45) is 0 Å². The van der Waals surface area contributed by atoms with Gasteiger partial charge in [-0.2, -0.15) is 0 Å². The minimum Gasteiger partial charge on any atom is -0.366 e. The lowest BCUT2D eigenvalue weighted by Gasteiger charge is -2.36. The number of halogens is 2. The highest BCUT2D eigenvalue weighted by Crippen LogP contribution is 2.24. The van der Waals surface area contributed by atoms with Crippen LogP contribution in [0.15, 0.2) is 42.5 Å². The molecule has 4 amide bonds. The van der Waals surface area contributed by atoms with E-state index in [-0.39, 0.29) is 23.4 Å². The Morgan fingerprint density at radius 1 is 0.794 bits per heavy atom. The Balaban J connectivity index is 1.30. The number of hydrogen-bond acceptors (Lipinski definition) is 4. The fourth-order valence-electron chi connectivity index (χ4n) is 4.22. The molecular formula is C24H27F2N5O3. The van der Waals surface area contributed by atoms with Gasteiger partial charge in [0.1, 0.15) is 11.6 Å². The number of piperazine rings is 2. The largest absolute Gasteiger partial charge is 0.366 e. The molecule has 0 spiro atoms. The lowest BCUT2D eigenvalue weighted by molar-refractivity contribution is -0.129. The molecule has 1 N–H and O–H groups in total. The van der Waals surface area contributed by atoms with Gasteiger partial charge in [0, 0.05) is 70.5 Å². The number of nitrogens with one attached hydrogen (secondary N) is 1. The summed E-state index contributed by atoms with van der Waals surface area (Å²) in [5.74, 6) is -1.18. The highest BCUT2D eigenvalue weighted by Gasteiger charge is 2.26. The fraction of sp³-hybridized carbons (Fsp3) is 0.375. The van der Waals surface area contributed by atoms with E-state index in [0.717, 1.165) is 0 Å². The van der Waals surface area contributed by atoms with Crippen molar-refractivity contribution in [1.82, 2.24) is 14.7 Å². The first kappa shape index (κ1) is 23.5. The second-order valence-corrected chi connectivity index (χ2v) is 8.38. The maximum Gasteiger partial charge on any atom is 0.321 e. The summed E-state index contributed by atoms with van der Waals surface area (Å²) in [5.41, 5.74) is 1.05. The van der Waals surface area contributed by atoms with Crippen LogP contribution >= 0.6 is 0 Å². The van der Waals surface area contributed by atoms with Gasteiger partial charge >= 0.3 is 6.03 Å². The number of carbonyl (C=O) groups is 3. The molecule has 180 valence electrons. The topological polar surface area (TPSA) is 76.2 Å². The molecule has 10 heteroatoms. The molecule has 2 fully saturated rings. The molecule has 2 saturated heterocycles. The van der Waals surface area contributed by atoms with Crippen LogP contribution in [-0.4, -0.2) is 84.9 Å². The highest BCUT2D eigenvalue weighted by molar-refractivity contribution is 5.94. The molecule has 34 heavy (non-hydrogen) atoms. The van der Waals surface area contributed by atoms with Crippen LogP contribution in [0.2, 0.25) is 0 Å². The van der Waals surface area contributed by atoms with Crippen molar-refractivity contribution >= 4 is 29.2 Å². The van der Waals surface area contributed by atoms with Gasteiger partial charge in [-0.25, -0.2) is 13.6 Å². The Morgan fingerprint density at radius 2 is 1.44 bits per heavy atom. The van der Waals surface area contributed by atoms with Gasteiger partial charge in [-0.05, 0) is 36.4 Å². The molecule has 0 radical (unpaired) electrons. The molecule has 0 unspecified atom stereocenters. The Labute approximate surface area is 196 Å². The predicted molar refractivity (Wildman–Crippen MR) is 124 cm³/mol. The van der Waals surface area contributed by atoms with Gasteiger partial charge in [0.25, 0.3) is 5.91 Å². The third-order valence-electron chi connectivity index (χ3n) is 6.19. The van der Waals surface area contributed by atoms with Crippen LogP contribution in [0.1, 0.15) is 17.3 Å². The summed E-state index contributed by atoms with van der Waals surface area (Å²) in [5, 5.41) is 2.71. The van der Waals surface area contributed by atoms with Gasteiger partial charge < -0.3 is 24.9 Å². The number of amides is 4. The predicted octanol–water partition coefficient (Wildman–Crippen LogP) is 2.62. The zero-order valence-electron chi connectivity index (χ0n) is 19.0. The Kier molecular flexibility index (Phi) is 6.95. The van der Waals surface area contributed by atoms with Crippen molar-refractivity contribution in [1.29, 1.82) is 0 Å². The number of nitrogens with zero attached hydrogens (tertiary/aromatic N) is 4. The number of urea groups is 1. The minimum absolute atomic E-state index is 0.0114. The van der Waals surface area contributed by atoms with Crippen LogP contribution in [0.4, 0.5) is 25.0 Å². The van der Waals surface area contributed by atoms with E-state index in [1.54, 1.807) is 32.9 Å². The summed E-state index contributed by atoms with van der Waals surface area (Å²) >= 11 is 0. The molecule has 4 rings (SSSR count). The van der Waals surface area contributed by atoms with Crippen LogP contribution in [0, 0.1) is 11.6 Å². The quantitative estimate of drug-likeness (QED) is 0.747. The van der Waals surface area contributed by atoms with E-state index in [1.165, 1.54) is 31.2 Å². The van der Waals surface area contributed by atoms with E-state index in [0.29, 0.717) is 63.7 Å². The number of rotatable bonds is 3. The molecule has 0 aromatic heterocycles. The average Bonchev–Trinajstić information content (AvgIpc) is 2.84. The Hall–Kier alpha value is -3.69. The maximum atomic E-state index is 14.8. The van der Waals surface area contributed by atoms with Crippen LogP contribution < -0.4 is 10.2 Å². The molecule has 2 aromatic carbocycles. The summed E-state index contributed by atoms with van der Waals surface area (Å²) in [6, 6.07) is 9.72. The summed E-state index contributed by atoms with van der Waals surface area (Å²) in [6.45, 7) is 4.96. The number of carbonyl (C=O) groups excluding carboxylic acids is 3. The summed E-state index contributed by atoms with van der Waals surface area (Å²) in [4.78, 5) is 43.4. The van der Waals surface area contributed by atoms with Crippen molar-refractivity contribution in [3.8, 4) is 0 Å². The van der Waals surface area contributed by atoms with Gasteiger partial charge in [-0.1, -0.05) is 6.07 Å². The molecule has 2 heterocycles. The van der Waals surface area contributed by atoms with E-state index in [1.807, 2.05) is 4.90 Å². The summed E-state index contributed by atoms with van der Waals surface area (Å²) in [6.07, 6.45) is 0. The number of anilines is 2. The van der Waals surface area contributed by atoms with Gasteiger partial charge in [-0.15, -0.1) is 0 Å². The van der Waals surface area contributed by atoms with E-state index < -0.39 is 11.6 Å². The molecule has 2 aliphatic heterocycles. The normalized spacial score (nSPS) is 16.4. The summed E-state index contributed by atoms with van der Waals surface area (Å²) in [7, 11) is 0. The lowest BCUT2D eigenvalue weighted by atomic mass is 10.2. The first-order chi connectivity index (χ1) is 16.3. The average molecular weight is 472 g/mol. The fourth-order valence-corrected chi connectivity index (χ4v) is 4.22. The minimum atomic E-state index is -0.472. The van der Waals surface area contributed by atoms with Gasteiger partial charge in [0.05, 0.1) is 5.69 Å². The third-order valence-corrected chi connectivity index (χ3v) is 6.19. The van der Waals surface area contributed by atoms with Crippen LogP contribution in [-0.2, 0) is 4.79 Å². The standard InChI is InChI=1S/C24H27F2N5O3/c1-17(32)28-7-9-29(10-8-28)22-6-5-20(16-21(22)26)27-24(34)31-13-11-30(12-14-31)23(33)18-3-2-4-19(25)15-18/h2-6,15-16H,7-14H2,1H3,(H,27,34). The molecule has 2 aliphatic rings. The first-order valence-corrected chi connectivity index (χ1v) is 11.2. The molecule has 0 bridgehead atoms. The highest BCUT2D eigenvalue weighted by atomic mass is 19.1. The van der Waals surface area contributed by atoms with Crippen molar-refractivity contribution in [2.75, 3.05) is 62.6 Å². The van der Waals surface area contributed by atoms with E-state index in [2.05, 4.69) is 5.32 Å². The Bertz CT molecular complexity index is 1080. The molecule has 8 nitrogen and oxygen atoms in total. The van der Waals surface area contributed by atoms with Crippen molar-refractivity contribution < 1.29 is 23.2 Å². The molecule has 2 aromatic rings. The number of hydrogen-bond donors (Lipinski definition) is 1. The van der Waals surface area contributed by atoms with E-state index in [4.69, 9.17) is 0 Å². The molecular weight excluding hydrogens is 444 g/mol. The zero-order chi connectivity index (χ0) is 24.2. The van der Waals surface area contributed by atoms with Crippen molar-refractivity contribution in [2.45, 2.75) is 6.92 Å². The third kappa shape index (κ3) is 5.27. The van der Waals surface area contributed by atoms with E-state index in [9.17, 15) is 23.2 Å². The van der Waals surface area contributed by atoms with Crippen molar-refractivity contribution in [3.05, 3.63) is 59.7 Å². The molecule has 0 saturated carbocycles. The van der Waals surface area contributed by atoms with Crippen LogP contribution in [0.5, 0.6) is 0 Å². The lowest BCUT2D eigenvalue weighted by Crippen LogP contribution is -2.51. The van der Waals surface area contributed by atoms with Crippen molar-refractivity contribution in [3.63, 3.8) is 0 Å². The van der Waals surface area contributed by atoms with Crippen LogP contribution in [0.3, 0.4) is 0 Å². The number of benzene rings is 2. The van der Waals surface area contributed by atoms with E-state index >= 15 is 0 Å². The Morgan fingerprint density at radius 3 is 2.06 bits per heavy atom. The SMILES string of the molecule is CC(=O)N1CCN(c2ccc(NC(=O)N3CCN(C(=O)c4cccc(F)c4)CC3)cc2F)CC1. The maximum absolute atomic E-state index is 14.8.